The standard InChI is InChI=1S/C33H46O8/c1-19(2)17-25(36)40-28-26(41-29(37)21-9-7-6-8-10-21)27-30(4)14-12-23(35)18-22(30)11-15-32(27,38)33(39)16-13-24(20(3)34)31(28,33)5/h6-10,19,22-24,26-28,35,38-39H,11-18H2,1-5H3/t22?,23?,24-,26?,27-,28?,30+,31+,32+,33+/m1/s1. The fraction of sp³-hybridized carbons (Fsp3) is 0.727. The van der Waals surface area contributed by atoms with Gasteiger partial charge in [-0.25, -0.2) is 4.79 Å². The zero-order chi connectivity index (χ0) is 30.0. The second kappa shape index (κ2) is 10.5. The third-order valence-corrected chi connectivity index (χ3v) is 11.5. The molecular weight excluding hydrogens is 524 g/mol. The molecule has 0 amide bonds. The summed E-state index contributed by atoms with van der Waals surface area (Å²) in [5, 5.41) is 36.2. The summed E-state index contributed by atoms with van der Waals surface area (Å²) in [6, 6.07) is 8.55. The summed E-state index contributed by atoms with van der Waals surface area (Å²) in [7, 11) is 0. The highest BCUT2D eigenvalue weighted by Gasteiger charge is 2.81. The van der Waals surface area contributed by atoms with Crippen LogP contribution in [0.15, 0.2) is 30.3 Å². The summed E-state index contributed by atoms with van der Waals surface area (Å²) in [6.45, 7) is 9.06. The molecule has 4 unspecified atom stereocenters. The Bertz CT molecular complexity index is 1180. The van der Waals surface area contributed by atoms with Crippen molar-refractivity contribution in [1.82, 2.24) is 0 Å². The van der Waals surface area contributed by atoms with Crippen LogP contribution in [0.4, 0.5) is 0 Å². The molecule has 0 bridgehead atoms. The van der Waals surface area contributed by atoms with E-state index in [0.717, 1.165) is 0 Å². The molecule has 41 heavy (non-hydrogen) atoms. The number of aliphatic hydroxyl groups is 3. The van der Waals surface area contributed by atoms with Gasteiger partial charge in [-0.1, -0.05) is 45.9 Å². The van der Waals surface area contributed by atoms with Crippen molar-refractivity contribution < 1.29 is 39.2 Å². The van der Waals surface area contributed by atoms with E-state index in [9.17, 15) is 29.7 Å². The van der Waals surface area contributed by atoms with E-state index in [1.165, 1.54) is 6.92 Å². The Morgan fingerprint density at radius 3 is 2.29 bits per heavy atom. The van der Waals surface area contributed by atoms with Crippen molar-refractivity contribution in [2.75, 3.05) is 0 Å². The molecule has 1 aromatic carbocycles. The zero-order valence-corrected chi connectivity index (χ0v) is 25.0. The Hall–Kier alpha value is -2.29. The van der Waals surface area contributed by atoms with Gasteiger partial charge in [0.25, 0.3) is 0 Å². The lowest BCUT2D eigenvalue weighted by atomic mass is 9.39. The van der Waals surface area contributed by atoms with Crippen LogP contribution in [0.25, 0.3) is 0 Å². The summed E-state index contributed by atoms with van der Waals surface area (Å²) < 4.78 is 12.6. The number of fused-ring (bicyclic) bond motifs is 5. The number of hydrogen-bond donors (Lipinski definition) is 3. The lowest BCUT2D eigenvalue weighted by Crippen LogP contribution is -2.81. The van der Waals surface area contributed by atoms with Gasteiger partial charge in [0, 0.05) is 23.7 Å². The minimum Gasteiger partial charge on any atom is -0.458 e. The smallest absolute Gasteiger partial charge is 0.338 e. The molecule has 0 heterocycles. The number of hydrogen-bond acceptors (Lipinski definition) is 8. The molecule has 226 valence electrons. The van der Waals surface area contributed by atoms with Gasteiger partial charge in [0.15, 0.2) is 0 Å². The van der Waals surface area contributed by atoms with Gasteiger partial charge < -0.3 is 24.8 Å². The minimum atomic E-state index is -1.76. The Balaban J connectivity index is 1.71. The second-order valence-corrected chi connectivity index (χ2v) is 14.2. The summed E-state index contributed by atoms with van der Waals surface area (Å²) >= 11 is 0. The maximum absolute atomic E-state index is 13.7. The van der Waals surface area contributed by atoms with E-state index in [1.807, 2.05) is 13.8 Å². The van der Waals surface area contributed by atoms with Crippen LogP contribution in [0.2, 0.25) is 0 Å². The van der Waals surface area contributed by atoms with Gasteiger partial charge in [0.1, 0.15) is 29.2 Å². The van der Waals surface area contributed by atoms with Crippen molar-refractivity contribution in [3.05, 3.63) is 35.9 Å². The average molecular weight is 571 g/mol. The third kappa shape index (κ3) is 4.47. The van der Waals surface area contributed by atoms with E-state index in [2.05, 4.69) is 6.92 Å². The second-order valence-electron chi connectivity index (χ2n) is 14.2. The Kier molecular flexibility index (Phi) is 7.70. The predicted molar refractivity (Wildman–Crippen MR) is 151 cm³/mol. The van der Waals surface area contributed by atoms with E-state index in [-0.39, 0.29) is 36.9 Å². The molecule has 4 fully saturated rings. The van der Waals surface area contributed by atoms with Gasteiger partial charge in [-0.05, 0) is 81.3 Å². The van der Waals surface area contributed by atoms with E-state index in [4.69, 9.17) is 9.47 Å². The molecule has 8 heteroatoms. The zero-order valence-electron chi connectivity index (χ0n) is 25.0. The summed E-state index contributed by atoms with van der Waals surface area (Å²) in [5.41, 5.74) is -5.16. The van der Waals surface area contributed by atoms with Crippen molar-refractivity contribution in [2.45, 2.75) is 115 Å². The first kappa shape index (κ1) is 30.2. The molecular formula is C33H46O8. The van der Waals surface area contributed by atoms with E-state index >= 15 is 0 Å². The topological polar surface area (TPSA) is 130 Å². The molecule has 8 nitrogen and oxygen atoms in total. The van der Waals surface area contributed by atoms with Crippen molar-refractivity contribution in [1.29, 1.82) is 0 Å². The van der Waals surface area contributed by atoms with Crippen LogP contribution < -0.4 is 0 Å². The monoisotopic (exact) mass is 570 g/mol. The van der Waals surface area contributed by atoms with Crippen LogP contribution in [0, 0.1) is 34.5 Å². The number of Topliss-reactive ketones (excluding diaryl/α,β-unsaturated/α-hetero) is 1. The number of ether oxygens (including phenoxy) is 2. The molecule has 0 saturated heterocycles. The van der Waals surface area contributed by atoms with Gasteiger partial charge in [0.05, 0.1) is 11.7 Å². The molecule has 0 spiro atoms. The number of carbonyl (C=O) groups is 3. The summed E-state index contributed by atoms with van der Waals surface area (Å²) in [4.78, 5) is 40.2. The maximum Gasteiger partial charge on any atom is 0.338 e. The Morgan fingerprint density at radius 2 is 1.66 bits per heavy atom. The predicted octanol–water partition coefficient (Wildman–Crippen LogP) is 4.23. The van der Waals surface area contributed by atoms with Crippen molar-refractivity contribution in [3.63, 3.8) is 0 Å². The molecule has 3 N–H and O–H groups in total. The normalized spacial score (nSPS) is 43.4. The highest BCUT2D eigenvalue weighted by atomic mass is 16.6. The summed E-state index contributed by atoms with van der Waals surface area (Å²) in [6.07, 6.45) is 0.317. The molecule has 5 rings (SSSR count). The van der Waals surface area contributed by atoms with Gasteiger partial charge in [-0.3, -0.25) is 9.59 Å². The Labute approximate surface area is 242 Å². The van der Waals surface area contributed by atoms with Crippen molar-refractivity contribution >= 4 is 17.7 Å². The van der Waals surface area contributed by atoms with Crippen LogP contribution in [0.1, 0.15) is 96.3 Å². The maximum atomic E-state index is 13.7. The Morgan fingerprint density at radius 1 is 0.976 bits per heavy atom. The number of benzene rings is 1. The quantitative estimate of drug-likeness (QED) is 0.433. The molecule has 10 atom stereocenters. The number of carbonyl (C=O) groups excluding carboxylic acids is 3. The van der Waals surface area contributed by atoms with Crippen LogP contribution in [0.3, 0.4) is 0 Å². The lowest BCUT2D eigenvalue weighted by Gasteiger charge is -2.69. The van der Waals surface area contributed by atoms with E-state index < -0.39 is 64.1 Å². The highest BCUT2D eigenvalue weighted by Crippen LogP contribution is 2.71. The lowest BCUT2D eigenvalue weighted by molar-refractivity contribution is -0.347. The number of esters is 2. The van der Waals surface area contributed by atoms with Gasteiger partial charge in [0.2, 0.25) is 0 Å². The minimum absolute atomic E-state index is 0.00336. The fourth-order valence-corrected chi connectivity index (χ4v) is 9.54. The first-order valence-electron chi connectivity index (χ1n) is 15.3. The van der Waals surface area contributed by atoms with Crippen LogP contribution in [-0.2, 0) is 19.1 Å². The van der Waals surface area contributed by atoms with Gasteiger partial charge in [-0.15, -0.1) is 0 Å². The number of aliphatic hydroxyl groups excluding tert-OH is 1. The van der Waals surface area contributed by atoms with E-state index in [1.54, 1.807) is 37.3 Å². The van der Waals surface area contributed by atoms with Crippen molar-refractivity contribution in [2.24, 2.45) is 34.5 Å². The van der Waals surface area contributed by atoms with Gasteiger partial charge >= 0.3 is 11.9 Å². The average Bonchev–Trinajstić information content (AvgIpc) is 3.20. The number of ketones is 1. The molecule has 0 aromatic heterocycles. The molecule has 4 aliphatic rings. The first-order valence-corrected chi connectivity index (χ1v) is 15.3. The van der Waals surface area contributed by atoms with E-state index in [0.29, 0.717) is 37.7 Å². The fourth-order valence-electron chi connectivity index (χ4n) is 9.54. The van der Waals surface area contributed by atoms with Crippen LogP contribution in [-0.4, -0.2) is 62.6 Å². The van der Waals surface area contributed by atoms with Crippen LogP contribution >= 0.6 is 0 Å². The first-order chi connectivity index (χ1) is 19.2. The van der Waals surface area contributed by atoms with Crippen LogP contribution in [0.5, 0.6) is 0 Å². The molecule has 0 aliphatic heterocycles. The van der Waals surface area contributed by atoms with Gasteiger partial charge in [-0.2, -0.15) is 0 Å². The van der Waals surface area contributed by atoms with Crippen molar-refractivity contribution in [3.8, 4) is 0 Å². The molecule has 0 radical (unpaired) electrons. The molecule has 1 aromatic rings. The SMILES string of the molecule is CC(=O)[C@H]1CC[C@@]2(O)[C@]3(O)CCC4CC(O)CC[C@]4(C)[C@H]3C(OC(=O)c3ccccc3)C(OC(=O)CC(C)C)[C@]12C. The third-order valence-electron chi connectivity index (χ3n) is 11.5. The number of rotatable bonds is 6. The molecule has 4 saturated carbocycles. The summed E-state index contributed by atoms with van der Waals surface area (Å²) in [5.74, 6) is -2.74. The highest BCUT2D eigenvalue weighted by molar-refractivity contribution is 5.89. The molecule has 4 aliphatic carbocycles. The largest absolute Gasteiger partial charge is 0.458 e.